The van der Waals surface area contributed by atoms with Crippen molar-refractivity contribution in [2.45, 2.75) is 103 Å². The van der Waals surface area contributed by atoms with Crippen molar-refractivity contribution in [3.05, 3.63) is 0 Å². The summed E-state index contributed by atoms with van der Waals surface area (Å²) in [4.78, 5) is 0. The van der Waals surface area contributed by atoms with Crippen LogP contribution in [-0.4, -0.2) is 0 Å². The molecule has 20 atom stereocenters. The largest absolute Gasteiger partial charge is 0.0622 e. The maximum atomic E-state index is 2.70. The van der Waals surface area contributed by atoms with E-state index in [1.807, 2.05) is 0 Å². The van der Waals surface area contributed by atoms with E-state index in [0.717, 1.165) is 124 Å². The van der Waals surface area contributed by atoms with Crippen molar-refractivity contribution in [1.29, 1.82) is 0 Å². The molecular weight excluding hydrogens is 432 g/mol. The highest BCUT2D eigenvalue weighted by Crippen LogP contribution is 2.69. The first-order valence-corrected chi connectivity index (χ1v) is 16.8. The summed E-state index contributed by atoms with van der Waals surface area (Å²) in [6.07, 6.45) is 3.09. The molecule has 5 saturated carbocycles. The van der Waals surface area contributed by atoms with Crippen molar-refractivity contribution in [1.82, 2.24) is 0 Å². The Bertz CT molecular complexity index is 745. The van der Waals surface area contributed by atoms with Gasteiger partial charge in [-0.2, -0.15) is 0 Å². The lowest BCUT2D eigenvalue weighted by molar-refractivity contribution is -0.0377. The summed E-state index contributed by atoms with van der Waals surface area (Å²) in [5.74, 6) is 19.5. The van der Waals surface area contributed by atoms with Gasteiger partial charge in [0.2, 0.25) is 0 Å². The van der Waals surface area contributed by atoms with Gasteiger partial charge in [0.25, 0.3) is 0 Å². The zero-order chi connectivity index (χ0) is 26.5. The molecule has 0 heterocycles. The fourth-order valence-electron chi connectivity index (χ4n) is 13.1. The summed E-state index contributed by atoms with van der Waals surface area (Å²) in [6, 6.07) is 0. The highest BCUT2D eigenvalue weighted by Gasteiger charge is 2.64. The van der Waals surface area contributed by atoms with E-state index >= 15 is 0 Å². The SMILES string of the molecule is CC1CC2C(C)C(C)C(C)C(C)C2C1CC1C2C(C)C(C)C(C)C(C)C2C2C(C)C(C)C(C)C(C)C12. The summed E-state index contributed by atoms with van der Waals surface area (Å²) in [5, 5.41) is 0. The standard InChI is InChI=1S/C36H64/c1-16-14-30-23(8)17(2)18(3)24(9)32(30)29(16)15-31-33-25(10)19(4)21(6)27(12)35(33)36-28(13)22(7)20(5)26(11)34(31)36/h16-36H,14-15H2,1-13H3. The van der Waals surface area contributed by atoms with Crippen LogP contribution in [0.2, 0.25) is 0 Å². The fourth-order valence-corrected chi connectivity index (χ4v) is 13.1. The van der Waals surface area contributed by atoms with E-state index in [-0.39, 0.29) is 0 Å². The van der Waals surface area contributed by atoms with Crippen LogP contribution in [0, 0.1) is 124 Å². The highest BCUT2D eigenvalue weighted by atomic mass is 14.7. The molecule has 0 bridgehead atoms. The Morgan fingerprint density at radius 2 is 0.667 bits per heavy atom. The second-order valence-corrected chi connectivity index (χ2v) is 16.6. The molecule has 0 saturated heterocycles. The molecule has 5 fully saturated rings. The van der Waals surface area contributed by atoms with Gasteiger partial charge in [0.1, 0.15) is 0 Å². The third-order valence-electron chi connectivity index (χ3n) is 16.4. The van der Waals surface area contributed by atoms with Crippen molar-refractivity contribution in [2.24, 2.45) is 124 Å². The van der Waals surface area contributed by atoms with Gasteiger partial charge >= 0.3 is 0 Å². The van der Waals surface area contributed by atoms with E-state index in [2.05, 4.69) is 90.0 Å². The quantitative estimate of drug-likeness (QED) is 0.357. The van der Waals surface area contributed by atoms with Gasteiger partial charge in [-0.05, 0) is 137 Å². The molecular formula is C36H64. The summed E-state index contributed by atoms with van der Waals surface area (Å²) < 4.78 is 0. The van der Waals surface area contributed by atoms with Gasteiger partial charge < -0.3 is 0 Å². The minimum atomic E-state index is 0.882. The topological polar surface area (TPSA) is 0 Å². The number of hydrogen-bond acceptors (Lipinski definition) is 0. The first-order chi connectivity index (χ1) is 16.8. The van der Waals surface area contributed by atoms with Crippen molar-refractivity contribution < 1.29 is 0 Å². The van der Waals surface area contributed by atoms with Crippen LogP contribution in [0.15, 0.2) is 0 Å². The molecule has 0 radical (unpaired) electrons. The summed E-state index contributed by atoms with van der Waals surface area (Å²) in [7, 11) is 0. The number of hydrogen-bond donors (Lipinski definition) is 0. The molecule has 20 unspecified atom stereocenters. The average Bonchev–Trinajstić information content (AvgIpc) is 3.36. The zero-order valence-corrected chi connectivity index (χ0v) is 26.5. The Balaban J connectivity index is 1.54. The first kappa shape index (κ1) is 27.6. The molecule has 0 heteroatoms. The first-order valence-electron chi connectivity index (χ1n) is 16.8. The van der Waals surface area contributed by atoms with Crippen LogP contribution in [0.4, 0.5) is 0 Å². The predicted molar refractivity (Wildman–Crippen MR) is 156 cm³/mol. The monoisotopic (exact) mass is 497 g/mol. The van der Waals surface area contributed by atoms with Crippen LogP contribution in [-0.2, 0) is 0 Å². The molecule has 5 rings (SSSR count). The minimum absolute atomic E-state index is 0.882. The average molecular weight is 497 g/mol. The van der Waals surface area contributed by atoms with E-state index in [1.54, 1.807) is 6.42 Å². The van der Waals surface area contributed by atoms with Crippen LogP contribution in [0.1, 0.15) is 103 Å². The molecule has 0 N–H and O–H groups in total. The van der Waals surface area contributed by atoms with Crippen LogP contribution in [0.25, 0.3) is 0 Å². The fraction of sp³-hybridized carbons (Fsp3) is 1.00. The molecule has 0 amide bonds. The molecule has 0 nitrogen and oxygen atoms in total. The van der Waals surface area contributed by atoms with Gasteiger partial charge in [0.15, 0.2) is 0 Å². The van der Waals surface area contributed by atoms with Crippen molar-refractivity contribution in [2.75, 3.05) is 0 Å². The van der Waals surface area contributed by atoms with E-state index in [9.17, 15) is 0 Å². The van der Waals surface area contributed by atoms with E-state index < -0.39 is 0 Å². The van der Waals surface area contributed by atoms with Crippen molar-refractivity contribution in [3.63, 3.8) is 0 Å². The van der Waals surface area contributed by atoms with Gasteiger partial charge in [-0.25, -0.2) is 0 Å². The number of rotatable bonds is 2. The minimum Gasteiger partial charge on any atom is -0.0622 e. The molecule has 0 aromatic rings. The van der Waals surface area contributed by atoms with Crippen LogP contribution >= 0.6 is 0 Å². The van der Waals surface area contributed by atoms with Crippen molar-refractivity contribution in [3.8, 4) is 0 Å². The van der Waals surface area contributed by atoms with Crippen LogP contribution in [0.5, 0.6) is 0 Å². The predicted octanol–water partition coefficient (Wildman–Crippen LogP) is 10.0. The second-order valence-electron chi connectivity index (χ2n) is 16.6. The zero-order valence-electron chi connectivity index (χ0n) is 26.5. The summed E-state index contributed by atoms with van der Waals surface area (Å²) in [6.45, 7) is 34.4. The van der Waals surface area contributed by atoms with E-state index in [4.69, 9.17) is 0 Å². The lowest BCUT2D eigenvalue weighted by Gasteiger charge is -2.51. The summed E-state index contributed by atoms with van der Waals surface area (Å²) in [5.41, 5.74) is 0. The van der Waals surface area contributed by atoms with Gasteiger partial charge in [-0.1, -0.05) is 90.0 Å². The Kier molecular flexibility index (Phi) is 7.33. The Morgan fingerprint density at radius 3 is 1.08 bits per heavy atom. The molecule has 0 aromatic carbocycles. The molecule has 5 aliphatic rings. The Hall–Kier alpha value is 0. The molecule has 0 aliphatic heterocycles. The Morgan fingerprint density at radius 1 is 0.333 bits per heavy atom. The molecule has 5 aliphatic carbocycles. The molecule has 208 valence electrons. The smallest absolute Gasteiger partial charge is 0.0318 e. The van der Waals surface area contributed by atoms with Gasteiger partial charge in [-0.15, -0.1) is 0 Å². The van der Waals surface area contributed by atoms with Gasteiger partial charge in [-0.3, -0.25) is 0 Å². The van der Waals surface area contributed by atoms with Crippen LogP contribution < -0.4 is 0 Å². The maximum absolute atomic E-state index is 2.70. The van der Waals surface area contributed by atoms with Crippen LogP contribution in [0.3, 0.4) is 0 Å². The third kappa shape index (κ3) is 3.70. The third-order valence-corrected chi connectivity index (χ3v) is 16.4. The normalized spacial score (nSPS) is 65.1. The Labute approximate surface area is 226 Å². The lowest BCUT2D eigenvalue weighted by atomic mass is 9.53. The lowest BCUT2D eigenvalue weighted by Crippen LogP contribution is -2.46. The highest BCUT2D eigenvalue weighted by molar-refractivity contribution is 5.11. The van der Waals surface area contributed by atoms with Gasteiger partial charge in [0, 0.05) is 0 Å². The van der Waals surface area contributed by atoms with E-state index in [1.165, 1.54) is 6.42 Å². The summed E-state index contributed by atoms with van der Waals surface area (Å²) >= 11 is 0. The molecule has 0 aromatic heterocycles. The van der Waals surface area contributed by atoms with Gasteiger partial charge in [0.05, 0.1) is 0 Å². The second kappa shape index (κ2) is 9.58. The van der Waals surface area contributed by atoms with Crippen molar-refractivity contribution >= 4 is 0 Å². The maximum Gasteiger partial charge on any atom is -0.0318 e. The molecule has 0 spiro atoms. The molecule has 36 heavy (non-hydrogen) atoms. The van der Waals surface area contributed by atoms with E-state index in [0.29, 0.717) is 0 Å². The number of fused-ring (bicyclic) bond motifs is 4.